The third kappa shape index (κ3) is 4.34. The molecule has 0 unspecified atom stereocenters. The average molecular weight is 353 g/mol. The average Bonchev–Trinajstić information content (AvgIpc) is 3.29. The van der Waals surface area contributed by atoms with Crippen molar-refractivity contribution < 1.29 is 4.79 Å². The van der Waals surface area contributed by atoms with E-state index in [-0.39, 0.29) is 17.6 Å². The Kier molecular flexibility index (Phi) is 5.75. The molecule has 0 aliphatic heterocycles. The highest BCUT2D eigenvalue weighted by molar-refractivity contribution is 5.92. The number of carbonyl (C=O) groups excluding carboxylic acids is 1. The first-order valence-electron chi connectivity index (χ1n) is 8.61. The van der Waals surface area contributed by atoms with Gasteiger partial charge in [-0.25, -0.2) is 4.98 Å². The van der Waals surface area contributed by atoms with E-state index < -0.39 is 0 Å². The van der Waals surface area contributed by atoms with Crippen LogP contribution in [0, 0.1) is 6.92 Å². The van der Waals surface area contributed by atoms with Gasteiger partial charge >= 0.3 is 0 Å². The summed E-state index contributed by atoms with van der Waals surface area (Å²) in [7, 11) is 0. The monoisotopic (exact) mass is 353 g/mol. The van der Waals surface area contributed by atoms with Gasteiger partial charge in [0.15, 0.2) is 5.69 Å². The van der Waals surface area contributed by atoms with Crippen LogP contribution in [0.2, 0.25) is 0 Å². The van der Waals surface area contributed by atoms with Crippen molar-refractivity contribution in [3.05, 3.63) is 66.0 Å². The predicted octanol–water partition coefficient (Wildman–Crippen LogP) is 1.30. The van der Waals surface area contributed by atoms with Crippen LogP contribution in [0.4, 0.5) is 0 Å². The van der Waals surface area contributed by atoms with Gasteiger partial charge in [-0.3, -0.25) is 9.48 Å². The first kappa shape index (κ1) is 17.8. The molecule has 1 amide bonds. The molecular formula is C18H23N7O. The second-order valence-corrected chi connectivity index (χ2v) is 6.05. The summed E-state index contributed by atoms with van der Waals surface area (Å²) in [6.07, 6.45) is 6.08. The van der Waals surface area contributed by atoms with E-state index in [9.17, 15) is 4.79 Å². The zero-order valence-corrected chi connectivity index (χ0v) is 14.7. The minimum Gasteiger partial charge on any atom is -0.344 e. The Labute approximate surface area is 152 Å². The normalized spacial score (nSPS) is 12.1. The smallest absolute Gasteiger partial charge is 0.273 e. The Morgan fingerprint density at radius 2 is 2.08 bits per heavy atom. The molecule has 0 spiro atoms. The Morgan fingerprint density at radius 1 is 1.27 bits per heavy atom. The summed E-state index contributed by atoms with van der Waals surface area (Å²) in [6, 6.07) is 9.78. The molecule has 0 aliphatic rings. The second kappa shape index (κ2) is 8.39. The van der Waals surface area contributed by atoms with E-state index in [4.69, 9.17) is 5.73 Å². The van der Waals surface area contributed by atoms with Crippen LogP contribution in [0.3, 0.4) is 0 Å². The summed E-state index contributed by atoms with van der Waals surface area (Å²) in [4.78, 5) is 16.8. The summed E-state index contributed by atoms with van der Waals surface area (Å²) in [5.74, 6) is 0.706. The maximum absolute atomic E-state index is 12.6. The number of benzene rings is 1. The molecule has 1 aromatic carbocycles. The van der Waals surface area contributed by atoms with Crippen LogP contribution in [0.15, 0.2) is 48.9 Å². The van der Waals surface area contributed by atoms with E-state index in [1.807, 2.05) is 43.5 Å². The molecule has 0 saturated heterocycles. The molecule has 8 heteroatoms. The lowest BCUT2D eigenvalue weighted by atomic mass is 10.0. The Morgan fingerprint density at radius 3 is 2.77 bits per heavy atom. The van der Waals surface area contributed by atoms with Crippen LogP contribution < -0.4 is 11.1 Å². The van der Waals surface area contributed by atoms with Crippen LogP contribution in [0.5, 0.6) is 0 Å². The van der Waals surface area contributed by atoms with Crippen molar-refractivity contribution in [3.63, 3.8) is 0 Å². The van der Waals surface area contributed by atoms with Gasteiger partial charge in [-0.15, -0.1) is 5.10 Å². The van der Waals surface area contributed by atoms with Crippen LogP contribution in [-0.4, -0.2) is 37.0 Å². The molecule has 1 atom stereocenters. The highest BCUT2D eigenvalue weighted by Gasteiger charge is 2.18. The van der Waals surface area contributed by atoms with E-state index >= 15 is 0 Å². The van der Waals surface area contributed by atoms with Crippen molar-refractivity contribution in [3.8, 4) is 0 Å². The number of rotatable bonds is 8. The molecule has 0 saturated carbocycles. The first-order valence-corrected chi connectivity index (χ1v) is 8.61. The largest absolute Gasteiger partial charge is 0.344 e. The van der Waals surface area contributed by atoms with Crippen molar-refractivity contribution >= 4 is 5.91 Å². The number of carbonyl (C=O) groups is 1. The Balaban J connectivity index is 1.72. The second-order valence-electron chi connectivity index (χ2n) is 6.05. The van der Waals surface area contributed by atoms with E-state index in [0.717, 1.165) is 24.4 Å². The molecule has 3 rings (SSSR count). The van der Waals surface area contributed by atoms with Gasteiger partial charge in [-0.2, -0.15) is 0 Å². The third-order valence-corrected chi connectivity index (χ3v) is 4.22. The molecule has 2 heterocycles. The van der Waals surface area contributed by atoms with Crippen molar-refractivity contribution in [2.24, 2.45) is 5.73 Å². The van der Waals surface area contributed by atoms with Crippen LogP contribution in [0.1, 0.15) is 34.3 Å². The van der Waals surface area contributed by atoms with E-state index in [0.29, 0.717) is 13.1 Å². The maximum atomic E-state index is 12.6. The van der Waals surface area contributed by atoms with Crippen LogP contribution in [-0.2, 0) is 13.1 Å². The summed E-state index contributed by atoms with van der Waals surface area (Å²) >= 11 is 0. The molecule has 2 aromatic heterocycles. The molecule has 0 fully saturated rings. The zero-order valence-electron chi connectivity index (χ0n) is 14.7. The quantitative estimate of drug-likeness (QED) is 0.635. The minimum absolute atomic E-state index is 0.134. The fourth-order valence-corrected chi connectivity index (χ4v) is 2.79. The van der Waals surface area contributed by atoms with Gasteiger partial charge in [0.05, 0.1) is 18.8 Å². The lowest BCUT2D eigenvalue weighted by Gasteiger charge is -2.19. The van der Waals surface area contributed by atoms with E-state index in [1.54, 1.807) is 17.1 Å². The molecule has 136 valence electrons. The molecular weight excluding hydrogens is 330 g/mol. The Bertz CT molecular complexity index is 840. The number of hydrogen-bond acceptors (Lipinski definition) is 5. The number of hydrogen-bond donors (Lipinski definition) is 2. The van der Waals surface area contributed by atoms with Crippen LogP contribution in [0.25, 0.3) is 0 Å². The SMILES string of the molecule is Cc1nccn1CC[C@@H](NC(=O)c1cn(CCN)nn1)c1ccccc1. The van der Waals surface area contributed by atoms with Crippen LogP contribution >= 0.6 is 0 Å². The number of nitrogens with one attached hydrogen (secondary N) is 1. The lowest BCUT2D eigenvalue weighted by molar-refractivity contribution is 0.0928. The third-order valence-electron chi connectivity index (χ3n) is 4.22. The molecule has 0 aliphatic carbocycles. The van der Waals surface area contributed by atoms with Gasteiger partial charge < -0.3 is 15.6 Å². The topological polar surface area (TPSA) is 104 Å². The maximum Gasteiger partial charge on any atom is 0.273 e. The summed E-state index contributed by atoms with van der Waals surface area (Å²) in [6.45, 7) is 3.70. The molecule has 3 aromatic rings. The van der Waals surface area contributed by atoms with E-state index in [1.165, 1.54) is 0 Å². The summed E-state index contributed by atoms with van der Waals surface area (Å²) in [5.41, 5.74) is 6.84. The predicted molar refractivity (Wildman–Crippen MR) is 97.3 cm³/mol. The fourth-order valence-electron chi connectivity index (χ4n) is 2.79. The van der Waals surface area contributed by atoms with E-state index in [2.05, 4.69) is 25.2 Å². The highest BCUT2D eigenvalue weighted by atomic mass is 16.2. The van der Waals surface area contributed by atoms with Crippen molar-refractivity contribution in [1.29, 1.82) is 0 Å². The number of imidazole rings is 1. The Hall–Kier alpha value is -3.00. The number of amides is 1. The van der Waals surface area contributed by atoms with Gasteiger partial charge in [0.1, 0.15) is 5.82 Å². The van der Waals surface area contributed by atoms with Gasteiger partial charge in [0.25, 0.3) is 5.91 Å². The molecule has 26 heavy (non-hydrogen) atoms. The molecule has 0 bridgehead atoms. The lowest BCUT2D eigenvalue weighted by Crippen LogP contribution is -2.29. The molecule has 8 nitrogen and oxygen atoms in total. The zero-order chi connectivity index (χ0) is 18.4. The fraction of sp³-hybridized carbons (Fsp3) is 0.333. The van der Waals surface area contributed by atoms with Crippen molar-refractivity contribution in [1.82, 2.24) is 29.9 Å². The number of aryl methyl sites for hydroxylation is 2. The number of nitrogens with two attached hydrogens (primary N) is 1. The minimum atomic E-state index is -0.246. The van der Waals surface area contributed by atoms with Gasteiger partial charge in [0.2, 0.25) is 0 Å². The van der Waals surface area contributed by atoms with Crippen molar-refractivity contribution in [2.75, 3.05) is 6.54 Å². The summed E-state index contributed by atoms with van der Waals surface area (Å²) < 4.78 is 3.64. The highest BCUT2D eigenvalue weighted by Crippen LogP contribution is 2.18. The molecule has 3 N–H and O–H groups in total. The standard InChI is InChI=1S/C18H23N7O/c1-14-20-9-12-24(14)10-7-16(15-5-3-2-4-6-15)21-18(26)17-13-25(11-8-19)23-22-17/h2-6,9,12-13,16H,7-8,10-11,19H2,1H3,(H,21,26)/t16-/m1/s1. The molecule has 0 radical (unpaired) electrons. The first-order chi connectivity index (χ1) is 12.7. The van der Waals surface area contributed by atoms with Gasteiger partial charge in [-0.1, -0.05) is 35.5 Å². The number of nitrogens with zero attached hydrogens (tertiary/aromatic N) is 5. The summed E-state index contributed by atoms with van der Waals surface area (Å²) in [5, 5.41) is 10.9. The van der Waals surface area contributed by atoms with Gasteiger partial charge in [0, 0.05) is 25.5 Å². The van der Waals surface area contributed by atoms with Crippen molar-refractivity contribution in [2.45, 2.75) is 32.5 Å². The van der Waals surface area contributed by atoms with Gasteiger partial charge in [-0.05, 0) is 18.9 Å². The number of aromatic nitrogens is 5.